The Morgan fingerprint density at radius 2 is 2.06 bits per heavy atom. The molecule has 0 aliphatic rings. The number of nitrogens with zero attached hydrogens (tertiary/aromatic N) is 1. The lowest BCUT2D eigenvalue weighted by Crippen LogP contribution is -2.34. The van der Waals surface area contributed by atoms with Crippen LogP contribution in [0.2, 0.25) is 0 Å². The molecular weight excluding hydrogens is 252 g/mol. The Hall–Kier alpha value is -1.27. The van der Waals surface area contributed by atoms with Crippen molar-refractivity contribution in [1.82, 2.24) is 0 Å². The fourth-order valence-electron chi connectivity index (χ4n) is 1.64. The van der Waals surface area contributed by atoms with Crippen LogP contribution in [0.4, 0.5) is 11.4 Å². The monoisotopic (exact) mass is 272 g/mol. The Balaban J connectivity index is 2.88. The zero-order valence-electron chi connectivity index (χ0n) is 10.8. The molecule has 0 aliphatic carbocycles. The summed E-state index contributed by atoms with van der Waals surface area (Å²) in [5.41, 5.74) is 6.81. The molecule has 0 bridgehead atoms. The van der Waals surface area contributed by atoms with Gasteiger partial charge in [0.15, 0.2) is 0 Å². The number of rotatable bonds is 7. The van der Waals surface area contributed by atoms with Gasteiger partial charge in [0.1, 0.15) is 0 Å². The van der Waals surface area contributed by atoms with E-state index < -0.39 is 10.0 Å². The van der Waals surface area contributed by atoms with Crippen LogP contribution in [0.1, 0.15) is 13.8 Å². The summed E-state index contributed by atoms with van der Waals surface area (Å²) in [4.78, 5) is 0. The average molecular weight is 272 g/mol. The molecule has 0 spiro atoms. The van der Waals surface area contributed by atoms with E-state index in [1.165, 1.54) is 4.31 Å². The summed E-state index contributed by atoms with van der Waals surface area (Å²) in [6, 6.07) is 6.86. The number of anilines is 2. The van der Waals surface area contributed by atoms with E-state index in [0.29, 0.717) is 24.5 Å². The summed E-state index contributed by atoms with van der Waals surface area (Å²) in [5.74, 6) is -0.0243. The van der Waals surface area contributed by atoms with Crippen LogP contribution >= 0.6 is 0 Å². The predicted molar refractivity (Wildman–Crippen MR) is 74.2 cm³/mol. The number of benzene rings is 1. The van der Waals surface area contributed by atoms with Gasteiger partial charge in [-0.05, 0) is 32.0 Å². The second-order valence-electron chi connectivity index (χ2n) is 3.77. The summed E-state index contributed by atoms with van der Waals surface area (Å²) >= 11 is 0. The van der Waals surface area contributed by atoms with Crippen molar-refractivity contribution in [3.8, 4) is 0 Å². The molecule has 5 nitrogen and oxygen atoms in total. The molecule has 6 heteroatoms. The van der Waals surface area contributed by atoms with Gasteiger partial charge in [-0.1, -0.05) is 6.07 Å². The molecule has 0 aromatic heterocycles. The molecule has 0 saturated heterocycles. The van der Waals surface area contributed by atoms with Crippen LogP contribution in [0.5, 0.6) is 0 Å². The second kappa shape index (κ2) is 6.61. The topological polar surface area (TPSA) is 72.6 Å². The SMILES string of the molecule is CCOCCS(=O)(=O)N(CC)c1cccc(N)c1. The Kier molecular flexibility index (Phi) is 5.43. The largest absolute Gasteiger partial charge is 0.399 e. The van der Waals surface area contributed by atoms with Gasteiger partial charge >= 0.3 is 0 Å². The van der Waals surface area contributed by atoms with Gasteiger partial charge in [-0.3, -0.25) is 4.31 Å². The van der Waals surface area contributed by atoms with E-state index in [1.54, 1.807) is 31.2 Å². The maximum Gasteiger partial charge on any atom is 0.237 e. The van der Waals surface area contributed by atoms with Crippen LogP contribution in [0.15, 0.2) is 24.3 Å². The molecule has 0 radical (unpaired) electrons. The number of sulfonamides is 1. The van der Waals surface area contributed by atoms with E-state index in [2.05, 4.69) is 0 Å². The van der Waals surface area contributed by atoms with E-state index in [-0.39, 0.29) is 12.4 Å². The maximum absolute atomic E-state index is 12.2. The maximum atomic E-state index is 12.2. The van der Waals surface area contributed by atoms with Crippen molar-refractivity contribution in [1.29, 1.82) is 0 Å². The molecule has 0 aliphatic heterocycles. The molecule has 1 aromatic carbocycles. The lowest BCUT2D eigenvalue weighted by Gasteiger charge is -2.23. The van der Waals surface area contributed by atoms with E-state index in [9.17, 15) is 8.42 Å². The van der Waals surface area contributed by atoms with Gasteiger partial charge in [0, 0.05) is 18.8 Å². The molecular formula is C12H20N2O3S. The fourth-order valence-corrected chi connectivity index (χ4v) is 3.02. The zero-order valence-corrected chi connectivity index (χ0v) is 11.6. The van der Waals surface area contributed by atoms with E-state index in [4.69, 9.17) is 10.5 Å². The lowest BCUT2D eigenvalue weighted by molar-refractivity contribution is 0.163. The molecule has 0 fully saturated rings. The van der Waals surface area contributed by atoms with Gasteiger partial charge in [0.05, 0.1) is 18.0 Å². The van der Waals surface area contributed by atoms with E-state index in [0.717, 1.165) is 0 Å². The fraction of sp³-hybridized carbons (Fsp3) is 0.500. The molecule has 18 heavy (non-hydrogen) atoms. The summed E-state index contributed by atoms with van der Waals surface area (Å²) in [5, 5.41) is 0. The molecule has 0 atom stereocenters. The van der Waals surface area contributed by atoms with Gasteiger partial charge in [-0.2, -0.15) is 0 Å². The minimum absolute atomic E-state index is 0.0243. The molecule has 102 valence electrons. The first-order valence-corrected chi connectivity index (χ1v) is 7.56. The van der Waals surface area contributed by atoms with Gasteiger partial charge < -0.3 is 10.5 Å². The van der Waals surface area contributed by atoms with Gasteiger partial charge in [-0.25, -0.2) is 8.42 Å². The molecule has 0 heterocycles. The Morgan fingerprint density at radius 3 is 2.61 bits per heavy atom. The van der Waals surface area contributed by atoms with Crippen molar-refractivity contribution in [3.05, 3.63) is 24.3 Å². The van der Waals surface area contributed by atoms with Crippen molar-refractivity contribution in [2.45, 2.75) is 13.8 Å². The third-order valence-corrected chi connectivity index (χ3v) is 4.29. The first kappa shape index (κ1) is 14.8. The number of nitrogen functional groups attached to an aromatic ring is 1. The van der Waals surface area contributed by atoms with Crippen LogP contribution in [-0.4, -0.2) is 33.9 Å². The van der Waals surface area contributed by atoms with Crippen molar-refractivity contribution in [2.24, 2.45) is 0 Å². The molecule has 1 aromatic rings. The Labute approximate surface area is 109 Å². The van der Waals surface area contributed by atoms with Crippen molar-refractivity contribution >= 4 is 21.4 Å². The highest BCUT2D eigenvalue weighted by molar-refractivity contribution is 7.92. The van der Waals surface area contributed by atoms with Gasteiger partial charge in [0.2, 0.25) is 10.0 Å². The first-order chi connectivity index (χ1) is 8.51. The first-order valence-electron chi connectivity index (χ1n) is 5.95. The minimum atomic E-state index is -3.36. The van der Waals surface area contributed by atoms with Crippen LogP contribution in [0, 0.1) is 0 Å². The second-order valence-corrected chi connectivity index (χ2v) is 5.79. The van der Waals surface area contributed by atoms with Crippen LogP contribution in [-0.2, 0) is 14.8 Å². The highest BCUT2D eigenvalue weighted by Gasteiger charge is 2.20. The third-order valence-electron chi connectivity index (χ3n) is 2.47. The van der Waals surface area contributed by atoms with Crippen LogP contribution < -0.4 is 10.0 Å². The highest BCUT2D eigenvalue weighted by atomic mass is 32.2. The smallest absolute Gasteiger partial charge is 0.237 e. The van der Waals surface area contributed by atoms with Crippen molar-refractivity contribution in [3.63, 3.8) is 0 Å². The molecule has 0 saturated carbocycles. The third kappa shape index (κ3) is 3.89. The molecule has 2 N–H and O–H groups in total. The number of hydrogen-bond acceptors (Lipinski definition) is 4. The highest BCUT2D eigenvalue weighted by Crippen LogP contribution is 2.20. The number of ether oxygens (including phenoxy) is 1. The molecule has 0 amide bonds. The van der Waals surface area contributed by atoms with Crippen molar-refractivity contribution in [2.75, 3.05) is 35.6 Å². The normalized spacial score (nSPS) is 11.4. The number of hydrogen-bond donors (Lipinski definition) is 1. The Bertz CT molecular complexity index is 474. The minimum Gasteiger partial charge on any atom is -0.399 e. The molecule has 1 rings (SSSR count). The van der Waals surface area contributed by atoms with Crippen LogP contribution in [0.3, 0.4) is 0 Å². The summed E-state index contributed by atoms with van der Waals surface area (Å²) in [6.45, 7) is 4.72. The van der Waals surface area contributed by atoms with E-state index >= 15 is 0 Å². The number of nitrogens with two attached hydrogens (primary N) is 1. The average Bonchev–Trinajstić information content (AvgIpc) is 2.29. The van der Waals surface area contributed by atoms with Crippen LogP contribution in [0.25, 0.3) is 0 Å². The predicted octanol–water partition coefficient (Wildman–Crippen LogP) is 1.46. The summed E-state index contributed by atoms with van der Waals surface area (Å²) < 4.78 is 30.7. The quantitative estimate of drug-likeness (QED) is 0.602. The zero-order chi connectivity index (χ0) is 13.6. The molecule has 0 unspecified atom stereocenters. The van der Waals surface area contributed by atoms with E-state index in [1.807, 2.05) is 6.92 Å². The van der Waals surface area contributed by atoms with Gasteiger partial charge in [-0.15, -0.1) is 0 Å². The standard InChI is InChI=1S/C12H20N2O3S/c1-3-14(12-7-5-6-11(13)10-12)18(15,16)9-8-17-4-2/h5-7,10H,3-4,8-9,13H2,1-2H3. The van der Waals surface area contributed by atoms with Crippen molar-refractivity contribution < 1.29 is 13.2 Å². The lowest BCUT2D eigenvalue weighted by atomic mass is 10.3. The summed E-state index contributed by atoms with van der Waals surface area (Å²) in [7, 11) is -3.36. The van der Waals surface area contributed by atoms with Gasteiger partial charge in [0.25, 0.3) is 0 Å². The summed E-state index contributed by atoms with van der Waals surface area (Å²) in [6.07, 6.45) is 0. The Morgan fingerprint density at radius 1 is 1.33 bits per heavy atom.